The summed E-state index contributed by atoms with van der Waals surface area (Å²) in [4.78, 5) is 18.7. The van der Waals surface area contributed by atoms with Crippen LogP contribution < -0.4 is 0 Å². The lowest BCUT2D eigenvalue weighted by Crippen LogP contribution is -2.38. The van der Waals surface area contributed by atoms with Crippen LogP contribution in [0, 0.1) is 6.92 Å². The lowest BCUT2D eigenvalue weighted by atomic mass is 9.89. The number of unbranched alkanes of at least 4 members (excludes halogenated alkanes) is 1. The number of carbonyl (C=O) groups is 1. The summed E-state index contributed by atoms with van der Waals surface area (Å²) in [5.74, 6) is 0.630. The fourth-order valence-corrected chi connectivity index (χ4v) is 2.97. The van der Waals surface area contributed by atoms with E-state index >= 15 is 0 Å². The fraction of sp³-hybridized carbons (Fsp3) is 0.455. The summed E-state index contributed by atoms with van der Waals surface area (Å²) >= 11 is 0. The number of benzene rings is 1. The molecule has 1 aromatic heterocycles. The highest BCUT2D eigenvalue weighted by molar-refractivity contribution is 5.92. The molecule has 1 fully saturated rings. The second-order valence-corrected chi connectivity index (χ2v) is 6.64. The van der Waals surface area contributed by atoms with E-state index in [1.54, 1.807) is 6.07 Å². The van der Waals surface area contributed by atoms with Gasteiger partial charge in [-0.1, -0.05) is 63.1 Å². The van der Waals surface area contributed by atoms with Gasteiger partial charge in [0, 0.05) is 18.8 Å². The summed E-state index contributed by atoms with van der Waals surface area (Å²) in [5.41, 5.74) is 2.84. The number of nitrogens with zero attached hydrogens (tertiary/aromatic N) is 2. The predicted octanol–water partition coefficient (Wildman–Crippen LogP) is 5.22. The van der Waals surface area contributed by atoms with Gasteiger partial charge in [0.15, 0.2) is 0 Å². The minimum atomic E-state index is 0.0604. The summed E-state index contributed by atoms with van der Waals surface area (Å²) in [5, 5.41) is 0. The maximum absolute atomic E-state index is 12.5. The Labute approximate surface area is 152 Å². The average Bonchev–Trinajstić information content (AvgIpc) is 2.68. The predicted molar refractivity (Wildman–Crippen MR) is 104 cm³/mol. The second kappa shape index (κ2) is 9.97. The number of pyridine rings is 1. The van der Waals surface area contributed by atoms with Crippen molar-refractivity contribution in [3.63, 3.8) is 0 Å². The number of hydrogen-bond acceptors (Lipinski definition) is 2. The number of hydrogen-bond donors (Lipinski definition) is 0. The first-order valence-corrected chi connectivity index (χ1v) is 9.43. The van der Waals surface area contributed by atoms with Gasteiger partial charge in [0.05, 0.1) is 0 Å². The van der Waals surface area contributed by atoms with Crippen molar-refractivity contribution in [2.75, 3.05) is 13.1 Å². The lowest BCUT2D eigenvalue weighted by Gasteiger charge is -2.32. The van der Waals surface area contributed by atoms with Gasteiger partial charge in [0.25, 0.3) is 5.91 Å². The molecular weight excluding hydrogens is 308 g/mol. The molecule has 1 saturated heterocycles. The number of piperidine rings is 1. The standard InChI is InChI=1S/C18H20N2O.C4H10/c1-14-6-5-9-17(19-14)18(21)20-12-10-16(11-13-20)15-7-3-2-4-8-15;1-3-4-2/h2-9,16H,10-13H2,1H3;3-4H2,1-2H3. The van der Waals surface area contributed by atoms with Gasteiger partial charge >= 0.3 is 0 Å². The molecule has 1 amide bonds. The van der Waals surface area contributed by atoms with E-state index < -0.39 is 0 Å². The van der Waals surface area contributed by atoms with E-state index in [0.717, 1.165) is 31.6 Å². The Morgan fingerprint density at radius 3 is 2.20 bits per heavy atom. The molecule has 1 aliphatic rings. The Kier molecular flexibility index (Phi) is 7.65. The molecule has 0 unspecified atom stereocenters. The number of aromatic nitrogens is 1. The summed E-state index contributed by atoms with van der Waals surface area (Å²) in [6.45, 7) is 7.90. The zero-order valence-corrected chi connectivity index (χ0v) is 15.7. The first kappa shape index (κ1) is 19.2. The Morgan fingerprint density at radius 1 is 1.00 bits per heavy atom. The van der Waals surface area contributed by atoms with Crippen LogP contribution in [-0.4, -0.2) is 28.9 Å². The third-order valence-electron chi connectivity index (χ3n) is 4.66. The quantitative estimate of drug-likeness (QED) is 0.769. The Balaban J connectivity index is 0.000000511. The molecule has 134 valence electrons. The summed E-state index contributed by atoms with van der Waals surface area (Å²) in [6.07, 6.45) is 4.70. The lowest BCUT2D eigenvalue weighted by molar-refractivity contribution is 0.0707. The largest absolute Gasteiger partial charge is 0.337 e. The number of carbonyl (C=O) groups excluding carboxylic acids is 1. The van der Waals surface area contributed by atoms with Gasteiger partial charge in [-0.25, -0.2) is 4.98 Å². The molecule has 0 radical (unpaired) electrons. The van der Waals surface area contributed by atoms with Gasteiger partial charge in [-0.05, 0) is 43.4 Å². The highest BCUT2D eigenvalue weighted by atomic mass is 16.2. The van der Waals surface area contributed by atoms with Crippen molar-refractivity contribution < 1.29 is 4.79 Å². The highest BCUT2D eigenvalue weighted by Gasteiger charge is 2.25. The Morgan fingerprint density at radius 2 is 1.64 bits per heavy atom. The molecule has 1 aliphatic heterocycles. The smallest absolute Gasteiger partial charge is 0.272 e. The first-order valence-electron chi connectivity index (χ1n) is 9.43. The molecule has 2 aromatic rings. The van der Waals surface area contributed by atoms with Crippen molar-refractivity contribution in [1.29, 1.82) is 0 Å². The third kappa shape index (κ3) is 5.70. The minimum Gasteiger partial charge on any atom is -0.337 e. The van der Waals surface area contributed by atoms with E-state index in [1.807, 2.05) is 30.0 Å². The molecule has 1 aromatic carbocycles. The number of aryl methyl sites for hydroxylation is 1. The van der Waals surface area contributed by atoms with E-state index in [9.17, 15) is 4.79 Å². The SMILES string of the molecule is CCCC.Cc1cccc(C(=O)N2CCC(c3ccccc3)CC2)n1. The van der Waals surface area contributed by atoms with Crippen molar-refractivity contribution in [3.05, 3.63) is 65.5 Å². The average molecular weight is 338 g/mol. The molecule has 0 N–H and O–H groups in total. The topological polar surface area (TPSA) is 33.2 Å². The van der Waals surface area contributed by atoms with Gasteiger partial charge in [0.2, 0.25) is 0 Å². The van der Waals surface area contributed by atoms with Crippen LogP contribution in [0.4, 0.5) is 0 Å². The normalized spacial score (nSPS) is 14.6. The van der Waals surface area contributed by atoms with Crippen molar-refractivity contribution in [2.45, 2.75) is 52.4 Å². The molecule has 3 nitrogen and oxygen atoms in total. The highest BCUT2D eigenvalue weighted by Crippen LogP contribution is 2.28. The van der Waals surface area contributed by atoms with E-state index in [2.05, 4.69) is 43.1 Å². The van der Waals surface area contributed by atoms with E-state index in [0.29, 0.717) is 11.6 Å². The first-order chi connectivity index (χ1) is 12.2. The summed E-state index contributed by atoms with van der Waals surface area (Å²) < 4.78 is 0. The third-order valence-corrected chi connectivity index (χ3v) is 4.66. The summed E-state index contributed by atoms with van der Waals surface area (Å²) in [6, 6.07) is 16.2. The molecule has 0 atom stereocenters. The van der Waals surface area contributed by atoms with E-state index in [4.69, 9.17) is 0 Å². The van der Waals surface area contributed by atoms with Gasteiger partial charge < -0.3 is 4.90 Å². The van der Waals surface area contributed by atoms with Crippen LogP contribution in [0.1, 0.15) is 67.2 Å². The molecule has 0 saturated carbocycles. The van der Waals surface area contributed by atoms with Crippen molar-refractivity contribution >= 4 is 5.91 Å². The summed E-state index contributed by atoms with van der Waals surface area (Å²) in [7, 11) is 0. The second-order valence-electron chi connectivity index (χ2n) is 6.64. The Hall–Kier alpha value is -2.16. The molecule has 2 heterocycles. The molecule has 3 heteroatoms. The van der Waals surface area contributed by atoms with Crippen molar-refractivity contribution in [2.24, 2.45) is 0 Å². The molecule has 0 bridgehead atoms. The molecular formula is C22H30N2O. The molecule has 25 heavy (non-hydrogen) atoms. The maximum atomic E-state index is 12.5. The number of rotatable bonds is 3. The fourth-order valence-electron chi connectivity index (χ4n) is 2.97. The molecule has 0 spiro atoms. The van der Waals surface area contributed by atoms with E-state index in [1.165, 1.54) is 18.4 Å². The number of amides is 1. The zero-order valence-electron chi connectivity index (χ0n) is 15.7. The maximum Gasteiger partial charge on any atom is 0.272 e. The van der Waals surface area contributed by atoms with Crippen LogP contribution in [0.15, 0.2) is 48.5 Å². The molecule has 3 rings (SSSR count). The molecule has 0 aliphatic carbocycles. The zero-order chi connectivity index (χ0) is 18.1. The number of likely N-dealkylation sites (tertiary alicyclic amines) is 1. The van der Waals surface area contributed by atoms with Crippen LogP contribution in [0.5, 0.6) is 0 Å². The van der Waals surface area contributed by atoms with E-state index in [-0.39, 0.29) is 5.91 Å². The van der Waals surface area contributed by atoms with Gasteiger partial charge in [0.1, 0.15) is 5.69 Å². The van der Waals surface area contributed by atoms with Crippen LogP contribution in [0.2, 0.25) is 0 Å². The van der Waals surface area contributed by atoms with Crippen LogP contribution in [0.3, 0.4) is 0 Å². The Bertz CT molecular complexity index is 644. The van der Waals surface area contributed by atoms with Crippen LogP contribution in [-0.2, 0) is 0 Å². The monoisotopic (exact) mass is 338 g/mol. The van der Waals surface area contributed by atoms with Crippen LogP contribution >= 0.6 is 0 Å². The van der Waals surface area contributed by atoms with Crippen LogP contribution in [0.25, 0.3) is 0 Å². The van der Waals surface area contributed by atoms with Gasteiger partial charge in [-0.2, -0.15) is 0 Å². The van der Waals surface area contributed by atoms with Crippen molar-refractivity contribution in [1.82, 2.24) is 9.88 Å². The van der Waals surface area contributed by atoms with Gasteiger partial charge in [-0.15, -0.1) is 0 Å². The van der Waals surface area contributed by atoms with Crippen molar-refractivity contribution in [3.8, 4) is 0 Å². The van der Waals surface area contributed by atoms with Gasteiger partial charge in [-0.3, -0.25) is 4.79 Å². The minimum absolute atomic E-state index is 0.0604.